The Hall–Kier alpha value is -0.920. The Labute approximate surface area is 134 Å². The maximum atomic E-state index is 11.9. The lowest BCUT2D eigenvalue weighted by Gasteiger charge is -2.31. The highest BCUT2D eigenvalue weighted by atomic mass is 35.5. The maximum Gasteiger partial charge on any atom is 0.244 e. The van der Waals surface area contributed by atoms with Crippen LogP contribution < -0.4 is 10.6 Å². The van der Waals surface area contributed by atoms with Crippen LogP contribution in [0, 0.1) is 0 Å². The molecule has 0 radical (unpaired) electrons. The second kappa shape index (κ2) is 9.17. The number of nitrogens with one attached hydrogen (secondary N) is 2. The van der Waals surface area contributed by atoms with Gasteiger partial charge in [-0.05, 0) is 36.1 Å². The zero-order valence-electron chi connectivity index (χ0n) is 11.9. The third-order valence-corrected chi connectivity index (χ3v) is 4.25. The van der Waals surface area contributed by atoms with Crippen LogP contribution in [0.5, 0.6) is 0 Å². The predicted octanol–water partition coefficient (Wildman–Crippen LogP) is 1.17. The molecule has 21 heavy (non-hydrogen) atoms. The molecule has 1 fully saturated rings. The van der Waals surface area contributed by atoms with Gasteiger partial charge in [0.15, 0.2) is 0 Å². The molecule has 1 aromatic rings. The smallest absolute Gasteiger partial charge is 0.244 e. The van der Waals surface area contributed by atoms with E-state index in [0.717, 1.165) is 30.0 Å². The van der Waals surface area contributed by atoms with E-state index in [1.807, 2.05) is 11.4 Å². The van der Waals surface area contributed by atoms with Crippen molar-refractivity contribution in [2.45, 2.75) is 25.2 Å². The summed E-state index contributed by atoms with van der Waals surface area (Å²) in [5.41, 5.74) is 0.867. The molecule has 0 unspecified atom stereocenters. The van der Waals surface area contributed by atoms with Gasteiger partial charge in [0.2, 0.25) is 5.91 Å². The summed E-state index contributed by atoms with van der Waals surface area (Å²) in [5.74, 6) is -0.125. The Kier molecular flexibility index (Phi) is 7.92. The van der Waals surface area contributed by atoms with Crippen LogP contribution in [-0.4, -0.2) is 43.4 Å². The molecule has 0 saturated carbocycles. The Bertz CT molecular complexity index is 479. The first-order chi connectivity index (χ1) is 9.72. The molecule has 2 rings (SSSR count). The van der Waals surface area contributed by atoms with Crippen molar-refractivity contribution >= 4 is 35.7 Å². The average Bonchev–Trinajstić information content (AvgIpc) is 2.94. The molecule has 1 aromatic heterocycles. The molecule has 0 spiro atoms. The first-order valence-corrected chi connectivity index (χ1v) is 7.51. The second-order valence-corrected chi connectivity index (χ2v) is 5.67. The van der Waals surface area contributed by atoms with Crippen molar-refractivity contribution < 1.29 is 14.6 Å². The average molecular weight is 333 g/mol. The quantitative estimate of drug-likeness (QED) is 0.708. The van der Waals surface area contributed by atoms with Gasteiger partial charge in [0.1, 0.15) is 0 Å². The number of carbonyl (C=O) groups is 1. The molecule has 0 aliphatic carbocycles. The summed E-state index contributed by atoms with van der Waals surface area (Å²) >= 11 is 1.50. The van der Waals surface area contributed by atoms with Gasteiger partial charge in [-0.2, -0.15) is 0 Å². The number of hydrogen-bond donors (Lipinski definition) is 3. The first-order valence-electron chi connectivity index (χ1n) is 6.63. The molecule has 1 aliphatic heterocycles. The van der Waals surface area contributed by atoms with Gasteiger partial charge in [-0.25, -0.2) is 0 Å². The van der Waals surface area contributed by atoms with Crippen LogP contribution >= 0.6 is 23.7 Å². The molecule has 0 aromatic carbocycles. The minimum Gasteiger partial charge on any atom is -0.392 e. The van der Waals surface area contributed by atoms with Crippen LogP contribution in [0.2, 0.25) is 0 Å². The molecule has 1 saturated heterocycles. The highest BCUT2D eigenvalue weighted by molar-refractivity contribution is 7.11. The van der Waals surface area contributed by atoms with Crippen LogP contribution in [0.4, 0.5) is 0 Å². The van der Waals surface area contributed by atoms with Crippen LogP contribution in [0.25, 0.3) is 6.08 Å². The fraction of sp³-hybridized carbons (Fsp3) is 0.500. The molecule has 5 nitrogen and oxygen atoms in total. The number of methoxy groups -OCH3 is 1. The number of ether oxygens (including phenoxy) is 1. The van der Waals surface area contributed by atoms with Gasteiger partial charge in [-0.15, -0.1) is 23.7 Å². The lowest BCUT2D eigenvalue weighted by atomic mass is 10.0. The van der Waals surface area contributed by atoms with E-state index in [0.29, 0.717) is 0 Å². The molecule has 1 aliphatic rings. The summed E-state index contributed by atoms with van der Waals surface area (Å²) in [6.07, 6.45) is 4.25. The predicted molar refractivity (Wildman–Crippen MR) is 86.7 cm³/mol. The van der Waals surface area contributed by atoms with Crippen LogP contribution in [-0.2, 0) is 16.1 Å². The number of amides is 1. The number of halogens is 1. The Morgan fingerprint density at radius 2 is 2.48 bits per heavy atom. The molecule has 2 heterocycles. The standard InChI is InChI=1S/C14H20N2O3S.ClH/c1-19-13-4-5-15-7-12(13)16-14(18)3-2-11-6-10(8-17)9-20-11;/h2-3,6,9,12-13,15,17H,4-5,7-8H2,1H3,(H,16,18);1H/t12-,13+;/m0./s1. The van der Waals surface area contributed by atoms with E-state index in [1.165, 1.54) is 17.4 Å². The monoisotopic (exact) mass is 332 g/mol. The molecule has 3 N–H and O–H groups in total. The molecular weight excluding hydrogens is 312 g/mol. The lowest BCUT2D eigenvalue weighted by Crippen LogP contribution is -2.54. The largest absolute Gasteiger partial charge is 0.392 e. The molecule has 2 atom stereocenters. The highest BCUT2D eigenvalue weighted by Crippen LogP contribution is 2.16. The van der Waals surface area contributed by atoms with Crippen molar-refractivity contribution in [3.63, 3.8) is 0 Å². The van der Waals surface area contributed by atoms with Gasteiger partial charge in [0.05, 0.1) is 18.8 Å². The van der Waals surface area contributed by atoms with Gasteiger partial charge in [0, 0.05) is 24.6 Å². The summed E-state index contributed by atoms with van der Waals surface area (Å²) in [6.45, 7) is 1.67. The number of hydrogen-bond acceptors (Lipinski definition) is 5. The highest BCUT2D eigenvalue weighted by Gasteiger charge is 2.25. The van der Waals surface area contributed by atoms with E-state index in [9.17, 15) is 4.79 Å². The number of rotatable bonds is 5. The van der Waals surface area contributed by atoms with Crippen molar-refractivity contribution in [2.24, 2.45) is 0 Å². The van der Waals surface area contributed by atoms with Gasteiger partial charge in [-0.3, -0.25) is 4.79 Å². The van der Waals surface area contributed by atoms with E-state index in [1.54, 1.807) is 13.2 Å². The minimum atomic E-state index is -0.125. The number of aliphatic hydroxyl groups is 1. The molecule has 118 valence electrons. The maximum absolute atomic E-state index is 11.9. The summed E-state index contributed by atoms with van der Waals surface area (Å²) in [7, 11) is 1.67. The Morgan fingerprint density at radius 3 is 3.14 bits per heavy atom. The number of thiophene rings is 1. The number of aliphatic hydroxyl groups excluding tert-OH is 1. The van der Waals surface area contributed by atoms with Crippen LogP contribution in [0.15, 0.2) is 17.5 Å². The topological polar surface area (TPSA) is 70.6 Å². The van der Waals surface area contributed by atoms with Crippen LogP contribution in [0.1, 0.15) is 16.9 Å². The molecule has 7 heteroatoms. The van der Waals surface area contributed by atoms with Crippen molar-refractivity contribution in [3.8, 4) is 0 Å². The van der Waals surface area contributed by atoms with Gasteiger partial charge >= 0.3 is 0 Å². The van der Waals surface area contributed by atoms with E-state index >= 15 is 0 Å². The fourth-order valence-electron chi connectivity index (χ4n) is 2.21. The Balaban J connectivity index is 0.00000220. The molecular formula is C14H21ClN2O3S. The van der Waals surface area contributed by atoms with Gasteiger partial charge in [-0.1, -0.05) is 0 Å². The van der Waals surface area contributed by atoms with Crippen LogP contribution in [0.3, 0.4) is 0 Å². The first kappa shape index (κ1) is 18.1. The normalized spacial score (nSPS) is 22.0. The third-order valence-electron chi connectivity index (χ3n) is 3.30. The fourth-order valence-corrected chi connectivity index (χ4v) is 3.01. The third kappa shape index (κ3) is 5.41. The summed E-state index contributed by atoms with van der Waals surface area (Å²) in [6, 6.07) is 1.87. The second-order valence-electron chi connectivity index (χ2n) is 4.73. The van der Waals surface area contributed by atoms with Gasteiger partial charge in [0.25, 0.3) is 0 Å². The summed E-state index contributed by atoms with van der Waals surface area (Å²) in [5, 5.41) is 17.1. The van der Waals surface area contributed by atoms with Crippen molar-refractivity contribution in [2.75, 3.05) is 20.2 Å². The number of carbonyl (C=O) groups excluding carboxylic acids is 1. The molecule has 0 bridgehead atoms. The SMILES string of the molecule is CO[C@@H]1CCNC[C@@H]1NC(=O)C=Cc1cc(CO)cs1.Cl. The lowest BCUT2D eigenvalue weighted by molar-refractivity contribution is -0.118. The van der Waals surface area contributed by atoms with E-state index in [2.05, 4.69) is 10.6 Å². The zero-order chi connectivity index (χ0) is 14.4. The van der Waals surface area contributed by atoms with Crippen molar-refractivity contribution in [1.29, 1.82) is 0 Å². The summed E-state index contributed by atoms with van der Waals surface area (Å²) < 4.78 is 5.38. The van der Waals surface area contributed by atoms with E-state index < -0.39 is 0 Å². The molecule has 1 amide bonds. The summed E-state index contributed by atoms with van der Waals surface area (Å²) in [4.78, 5) is 12.8. The van der Waals surface area contributed by atoms with Crippen molar-refractivity contribution in [3.05, 3.63) is 28.0 Å². The van der Waals surface area contributed by atoms with E-state index in [-0.39, 0.29) is 37.1 Å². The van der Waals surface area contributed by atoms with Gasteiger partial charge < -0.3 is 20.5 Å². The zero-order valence-corrected chi connectivity index (χ0v) is 13.5. The van der Waals surface area contributed by atoms with E-state index in [4.69, 9.17) is 9.84 Å². The Morgan fingerprint density at radius 1 is 1.67 bits per heavy atom. The number of piperidine rings is 1. The minimum absolute atomic E-state index is 0. The van der Waals surface area contributed by atoms with Crippen molar-refractivity contribution in [1.82, 2.24) is 10.6 Å².